The van der Waals surface area contributed by atoms with E-state index in [9.17, 15) is 14.0 Å². The Hall–Kier alpha value is -3.33. The fraction of sp³-hybridized carbons (Fsp3) is 0.286. The van der Waals surface area contributed by atoms with Crippen LogP contribution in [0.1, 0.15) is 39.8 Å². The summed E-state index contributed by atoms with van der Waals surface area (Å²) in [7, 11) is 3.55. The van der Waals surface area contributed by atoms with Gasteiger partial charge in [0, 0.05) is 32.2 Å². The monoisotopic (exact) mass is 445 g/mol. The number of aryl methyl sites for hydroxylation is 2. The first-order valence-electron chi connectivity index (χ1n) is 9.68. The first-order valence-corrected chi connectivity index (χ1v) is 10.1. The lowest BCUT2D eigenvalue weighted by atomic mass is 10.1. The number of halogens is 2. The van der Waals surface area contributed by atoms with E-state index in [-0.39, 0.29) is 23.6 Å². The van der Waals surface area contributed by atoms with Crippen molar-refractivity contribution in [1.29, 1.82) is 0 Å². The predicted octanol–water partition coefficient (Wildman–Crippen LogP) is 3.72. The summed E-state index contributed by atoms with van der Waals surface area (Å²) in [6.45, 7) is 0.0783. The fourth-order valence-electron chi connectivity index (χ4n) is 3.78. The minimum atomic E-state index is -0.553. The molecule has 31 heavy (non-hydrogen) atoms. The van der Waals surface area contributed by atoms with Crippen LogP contribution >= 0.6 is 11.6 Å². The Balaban J connectivity index is 1.43. The summed E-state index contributed by atoms with van der Waals surface area (Å²) in [6, 6.07) is 5.53. The Morgan fingerprint density at radius 2 is 2.13 bits per heavy atom. The van der Waals surface area contributed by atoms with Gasteiger partial charge in [0.1, 0.15) is 18.1 Å². The number of nitrogens with one attached hydrogen (secondary N) is 2. The summed E-state index contributed by atoms with van der Waals surface area (Å²) in [5, 5.41) is 9.70. The summed E-state index contributed by atoms with van der Waals surface area (Å²) in [5.74, 6) is -0.881. The highest BCUT2D eigenvalue weighted by atomic mass is 35.5. The van der Waals surface area contributed by atoms with Crippen molar-refractivity contribution in [2.45, 2.75) is 25.5 Å². The quantitative estimate of drug-likeness (QED) is 0.626. The van der Waals surface area contributed by atoms with Gasteiger partial charge in [-0.25, -0.2) is 9.18 Å². The third-order valence-corrected chi connectivity index (χ3v) is 5.47. The molecule has 1 aliphatic carbocycles. The molecule has 0 fully saturated rings. The maximum atomic E-state index is 13.4. The van der Waals surface area contributed by atoms with Crippen LogP contribution in [-0.4, -0.2) is 26.3 Å². The number of ether oxygens (including phenoxy) is 1. The molecule has 2 amide bonds. The SMILES string of the molecule is Cn1ccc(COC(=O)NC2CCc3c2cn(C)c3C(=O)Nc2ccc(F)c(Cl)c2)n1. The molecule has 0 radical (unpaired) electrons. The molecule has 2 N–H and O–H groups in total. The number of anilines is 1. The largest absolute Gasteiger partial charge is 0.443 e. The number of carbonyl (C=O) groups excluding carboxylic acids is 2. The number of hydrogen-bond acceptors (Lipinski definition) is 4. The zero-order chi connectivity index (χ0) is 22.1. The van der Waals surface area contributed by atoms with Gasteiger partial charge in [0.05, 0.1) is 16.8 Å². The van der Waals surface area contributed by atoms with E-state index >= 15 is 0 Å². The second-order valence-electron chi connectivity index (χ2n) is 7.40. The lowest BCUT2D eigenvalue weighted by Gasteiger charge is -2.12. The van der Waals surface area contributed by atoms with Crippen LogP contribution in [0.5, 0.6) is 0 Å². The van der Waals surface area contributed by atoms with E-state index in [1.54, 1.807) is 35.6 Å². The number of aromatic nitrogens is 3. The van der Waals surface area contributed by atoms with Gasteiger partial charge in [-0.05, 0) is 48.2 Å². The third kappa shape index (κ3) is 4.41. The molecule has 1 atom stereocenters. The average Bonchev–Trinajstić information content (AvgIpc) is 3.39. The summed E-state index contributed by atoms with van der Waals surface area (Å²) < 4.78 is 22.0. The smallest absolute Gasteiger partial charge is 0.408 e. The van der Waals surface area contributed by atoms with Crippen molar-refractivity contribution in [1.82, 2.24) is 19.7 Å². The molecular weight excluding hydrogens is 425 g/mol. The van der Waals surface area contributed by atoms with Crippen molar-refractivity contribution in [3.8, 4) is 0 Å². The van der Waals surface area contributed by atoms with Gasteiger partial charge in [-0.15, -0.1) is 0 Å². The van der Waals surface area contributed by atoms with Crippen molar-refractivity contribution in [3.63, 3.8) is 0 Å². The molecule has 0 spiro atoms. The normalized spacial score (nSPS) is 14.9. The number of rotatable bonds is 5. The Morgan fingerprint density at radius 3 is 2.84 bits per heavy atom. The van der Waals surface area contributed by atoms with E-state index in [0.29, 0.717) is 29.9 Å². The van der Waals surface area contributed by atoms with Crippen LogP contribution in [-0.2, 0) is 31.9 Å². The molecule has 1 unspecified atom stereocenters. The lowest BCUT2D eigenvalue weighted by Crippen LogP contribution is -2.27. The maximum absolute atomic E-state index is 13.4. The van der Waals surface area contributed by atoms with Crippen molar-refractivity contribution >= 4 is 29.3 Å². The molecule has 0 bridgehead atoms. The highest BCUT2D eigenvalue weighted by Crippen LogP contribution is 2.35. The molecule has 2 aromatic heterocycles. The standard InChI is InChI=1S/C21H21ClFN5O3/c1-27-10-15-14(19(27)20(29)24-12-3-5-17(23)16(22)9-12)4-6-18(15)25-21(30)31-11-13-7-8-28(2)26-13/h3,5,7-10,18H,4,6,11H2,1-2H3,(H,24,29)(H,25,30). The first kappa shape index (κ1) is 20.9. The van der Waals surface area contributed by atoms with Gasteiger partial charge in [0.15, 0.2) is 0 Å². The molecule has 0 aliphatic heterocycles. The maximum Gasteiger partial charge on any atom is 0.408 e. The van der Waals surface area contributed by atoms with E-state index < -0.39 is 11.9 Å². The molecule has 1 aromatic carbocycles. The number of nitrogens with zero attached hydrogens (tertiary/aromatic N) is 3. The number of fused-ring (bicyclic) bond motifs is 1. The van der Waals surface area contributed by atoms with Gasteiger partial charge in [0.2, 0.25) is 0 Å². The number of carbonyl (C=O) groups is 2. The van der Waals surface area contributed by atoms with E-state index in [1.165, 1.54) is 18.2 Å². The topological polar surface area (TPSA) is 90.2 Å². The van der Waals surface area contributed by atoms with E-state index in [4.69, 9.17) is 16.3 Å². The Morgan fingerprint density at radius 1 is 1.32 bits per heavy atom. The number of benzene rings is 1. The Labute approximate surface area is 182 Å². The van der Waals surface area contributed by atoms with Crippen LogP contribution in [0.15, 0.2) is 36.7 Å². The Kier molecular flexibility index (Phi) is 5.69. The molecule has 3 aromatic rings. The predicted molar refractivity (Wildman–Crippen MR) is 112 cm³/mol. The van der Waals surface area contributed by atoms with Crippen molar-refractivity contribution in [3.05, 3.63) is 70.0 Å². The second-order valence-corrected chi connectivity index (χ2v) is 7.81. The number of amides is 2. The van der Waals surface area contributed by atoms with Crippen LogP contribution in [0.25, 0.3) is 0 Å². The number of hydrogen-bond donors (Lipinski definition) is 2. The molecule has 10 heteroatoms. The van der Waals surface area contributed by atoms with Crippen molar-refractivity contribution < 1.29 is 18.7 Å². The second kappa shape index (κ2) is 8.43. The molecule has 8 nitrogen and oxygen atoms in total. The van der Waals surface area contributed by atoms with Crippen molar-refractivity contribution in [2.24, 2.45) is 14.1 Å². The van der Waals surface area contributed by atoms with Crippen LogP contribution in [0.2, 0.25) is 5.02 Å². The third-order valence-electron chi connectivity index (χ3n) is 5.18. The molecule has 1 aliphatic rings. The summed E-state index contributed by atoms with van der Waals surface area (Å²) in [6.07, 6.45) is 4.36. The Bertz CT molecular complexity index is 1160. The zero-order valence-corrected chi connectivity index (χ0v) is 17.7. The zero-order valence-electron chi connectivity index (χ0n) is 17.0. The van der Waals surface area contributed by atoms with E-state index in [1.807, 2.05) is 6.20 Å². The minimum absolute atomic E-state index is 0.0663. The highest BCUT2D eigenvalue weighted by Gasteiger charge is 2.31. The molecule has 4 rings (SSSR count). The minimum Gasteiger partial charge on any atom is -0.443 e. The average molecular weight is 446 g/mol. The highest BCUT2D eigenvalue weighted by molar-refractivity contribution is 6.31. The van der Waals surface area contributed by atoms with Crippen LogP contribution in [0, 0.1) is 5.82 Å². The van der Waals surface area contributed by atoms with Gasteiger partial charge in [-0.1, -0.05) is 11.6 Å². The van der Waals surface area contributed by atoms with E-state index in [0.717, 1.165) is 11.1 Å². The molecule has 2 heterocycles. The summed E-state index contributed by atoms with van der Waals surface area (Å²) >= 11 is 5.79. The summed E-state index contributed by atoms with van der Waals surface area (Å²) in [4.78, 5) is 25.1. The van der Waals surface area contributed by atoms with Gasteiger partial charge in [0.25, 0.3) is 5.91 Å². The van der Waals surface area contributed by atoms with Crippen molar-refractivity contribution in [2.75, 3.05) is 5.32 Å². The lowest BCUT2D eigenvalue weighted by molar-refractivity contribution is 0.101. The van der Waals surface area contributed by atoms with Gasteiger partial charge >= 0.3 is 6.09 Å². The van der Waals surface area contributed by atoms with Gasteiger partial charge in [-0.2, -0.15) is 5.10 Å². The number of alkyl carbamates (subject to hydrolysis) is 1. The van der Waals surface area contributed by atoms with Gasteiger partial charge < -0.3 is 19.9 Å². The summed E-state index contributed by atoms with van der Waals surface area (Å²) in [5.41, 5.74) is 3.28. The fourth-order valence-corrected chi connectivity index (χ4v) is 3.96. The first-order chi connectivity index (χ1) is 14.8. The molecule has 0 saturated carbocycles. The van der Waals surface area contributed by atoms with Crippen LogP contribution < -0.4 is 10.6 Å². The van der Waals surface area contributed by atoms with E-state index in [2.05, 4.69) is 15.7 Å². The van der Waals surface area contributed by atoms with Gasteiger partial charge in [-0.3, -0.25) is 9.48 Å². The van der Waals surface area contributed by atoms with Crippen LogP contribution in [0.3, 0.4) is 0 Å². The molecule has 162 valence electrons. The van der Waals surface area contributed by atoms with Crippen LogP contribution in [0.4, 0.5) is 14.9 Å². The molecular formula is C21H21ClFN5O3. The molecule has 0 saturated heterocycles.